The molecule has 9 nitrogen and oxygen atoms in total. The van der Waals surface area contributed by atoms with Crippen LogP contribution in [0.1, 0.15) is 42.9 Å². The van der Waals surface area contributed by atoms with Gasteiger partial charge in [0.1, 0.15) is 4.88 Å². The van der Waals surface area contributed by atoms with Gasteiger partial charge >= 0.3 is 17.9 Å². The van der Waals surface area contributed by atoms with Crippen molar-refractivity contribution in [3.05, 3.63) is 45.8 Å². The summed E-state index contributed by atoms with van der Waals surface area (Å²) in [4.78, 5) is 35.9. The summed E-state index contributed by atoms with van der Waals surface area (Å²) in [5, 5.41) is 0. The highest BCUT2D eigenvalue weighted by molar-refractivity contribution is 7.94. The van der Waals surface area contributed by atoms with Crippen molar-refractivity contribution in [1.82, 2.24) is 0 Å². The molecule has 0 atom stereocenters. The number of anilines is 1. The van der Waals surface area contributed by atoms with Crippen molar-refractivity contribution in [3.63, 3.8) is 0 Å². The molecule has 0 spiro atoms. The molecule has 0 amide bonds. The van der Waals surface area contributed by atoms with Crippen LogP contribution in [0, 0.1) is 6.92 Å². The Balaban J connectivity index is 2.51. The number of rotatable bonds is 7. The van der Waals surface area contributed by atoms with Gasteiger partial charge in [-0.1, -0.05) is 6.07 Å². The van der Waals surface area contributed by atoms with Gasteiger partial charge in [-0.15, -0.1) is 11.3 Å². The third-order valence-electron chi connectivity index (χ3n) is 3.74. The Morgan fingerprint density at radius 2 is 1.72 bits per heavy atom. The van der Waals surface area contributed by atoms with E-state index in [1.807, 2.05) is 0 Å². The number of nitrogens with one attached hydrogen (secondary N) is 1. The summed E-state index contributed by atoms with van der Waals surface area (Å²) < 4.78 is 42.0. The summed E-state index contributed by atoms with van der Waals surface area (Å²) in [6.07, 6.45) is 0. The molecule has 156 valence electrons. The highest BCUT2D eigenvalue weighted by Gasteiger charge is 2.32. The maximum absolute atomic E-state index is 12.9. The summed E-state index contributed by atoms with van der Waals surface area (Å²) in [6, 6.07) is 5.68. The van der Waals surface area contributed by atoms with E-state index in [1.54, 1.807) is 6.92 Å². The molecule has 11 heteroatoms. The molecule has 0 saturated carbocycles. The van der Waals surface area contributed by atoms with Gasteiger partial charge in [0.2, 0.25) is 0 Å². The zero-order chi connectivity index (χ0) is 21.8. The fourth-order valence-corrected chi connectivity index (χ4v) is 5.22. The van der Waals surface area contributed by atoms with E-state index in [2.05, 4.69) is 14.2 Å². The number of methoxy groups -OCH3 is 2. The highest BCUT2D eigenvalue weighted by atomic mass is 32.2. The fourth-order valence-electron chi connectivity index (χ4n) is 2.43. The van der Waals surface area contributed by atoms with Gasteiger partial charge < -0.3 is 14.2 Å². The van der Waals surface area contributed by atoms with Crippen LogP contribution in [0.5, 0.6) is 0 Å². The lowest BCUT2D eigenvalue weighted by molar-refractivity contribution is 0.0524. The predicted octanol–water partition coefficient (Wildman–Crippen LogP) is 2.61. The van der Waals surface area contributed by atoms with Crippen LogP contribution in [0.2, 0.25) is 0 Å². The molecule has 0 aliphatic rings. The van der Waals surface area contributed by atoms with E-state index >= 15 is 0 Å². The number of sulfonamides is 1. The van der Waals surface area contributed by atoms with E-state index in [-0.39, 0.29) is 33.9 Å². The average molecular weight is 441 g/mol. The molecule has 2 aromatic rings. The number of hydrogen-bond acceptors (Lipinski definition) is 9. The van der Waals surface area contributed by atoms with Crippen molar-refractivity contribution in [2.24, 2.45) is 0 Å². The Hall–Kier alpha value is -2.92. The third-order valence-corrected chi connectivity index (χ3v) is 6.92. The lowest BCUT2D eigenvalue weighted by atomic mass is 10.2. The minimum atomic E-state index is -4.29. The molecular weight excluding hydrogens is 422 g/mol. The van der Waals surface area contributed by atoms with Crippen molar-refractivity contribution in [2.45, 2.75) is 18.1 Å². The summed E-state index contributed by atoms with van der Waals surface area (Å²) in [7, 11) is -2.04. The normalized spacial score (nSPS) is 10.9. The molecule has 0 fully saturated rings. The maximum atomic E-state index is 12.9. The smallest absolute Gasteiger partial charge is 0.348 e. The average Bonchev–Trinajstić information content (AvgIpc) is 3.05. The van der Waals surface area contributed by atoms with Crippen LogP contribution in [0.3, 0.4) is 0 Å². The van der Waals surface area contributed by atoms with Crippen molar-refractivity contribution < 1.29 is 37.0 Å². The van der Waals surface area contributed by atoms with E-state index < -0.39 is 32.1 Å². The molecule has 1 aromatic carbocycles. The second-order valence-corrected chi connectivity index (χ2v) is 8.51. The molecule has 0 radical (unpaired) electrons. The Morgan fingerprint density at radius 3 is 2.31 bits per heavy atom. The van der Waals surface area contributed by atoms with Crippen molar-refractivity contribution in [3.8, 4) is 0 Å². The molecule has 1 aromatic heterocycles. The van der Waals surface area contributed by atoms with E-state index in [1.165, 1.54) is 31.2 Å². The van der Waals surface area contributed by atoms with Crippen LogP contribution in [0.25, 0.3) is 0 Å². The first kappa shape index (κ1) is 22.4. The number of esters is 3. The minimum Gasteiger partial charge on any atom is -0.465 e. The van der Waals surface area contributed by atoms with Crippen molar-refractivity contribution in [1.29, 1.82) is 0 Å². The number of carbonyl (C=O) groups is 3. The van der Waals surface area contributed by atoms with E-state index in [0.717, 1.165) is 14.2 Å². The Kier molecular flexibility index (Phi) is 6.98. The molecule has 1 heterocycles. The zero-order valence-electron chi connectivity index (χ0n) is 16.1. The van der Waals surface area contributed by atoms with Crippen molar-refractivity contribution in [2.75, 3.05) is 25.5 Å². The first-order valence-electron chi connectivity index (χ1n) is 8.26. The van der Waals surface area contributed by atoms with Crippen LogP contribution >= 0.6 is 11.3 Å². The number of hydrogen-bond donors (Lipinski definition) is 1. The lowest BCUT2D eigenvalue weighted by Gasteiger charge is -2.09. The molecular formula is C18H19NO8S2. The van der Waals surface area contributed by atoms with E-state index in [9.17, 15) is 22.8 Å². The van der Waals surface area contributed by atoms with Crippen molar-refractivity contribution >= 4 is 45.0 Å². The van der Waals surface area contributed by atoms with Crippen LogP contribution in [-0.2, 0) is 24.2 Å². The molecule has 0 saturated heterocycles. The Morgan fingerprint density at radius 1 is 1.07 bits per heavy atom. The second kappa shape index (κ2) is 9.05. The second-order valence-electron chi connectivity index (χ2n) is 5.61. The van der Waals surface area contributed by atoms with Crippen LogP contribution in [-0.4, -0.2) is 47.2 Å². The van der Waals surface area contributed by atoms with Gasteiger partial charge in [-0.2, -0.15) is 0 Å². The topological polar surface area (TPSA) is 125 Å². The molecule has 1 N–H and O–H groups in total. The standard InChI is InChI=1S/C18H19NO8S2/c1-5-27-15(20)11-7-6-8-12(9-11)19-29(23,24)18-13(16(21)25-3)10(2)14(28-18)17(22)26-4/h6-9,19H,5H2,1-4H3. The van der Waals surface area contributed by atoms with Crippen LogP contribution in [0.4, 0.5) is 5.69 Å². The first-order valence-corrected chi connectivity index (χ1v) is 10.6. The minimum absolute atomic E-state index is 0.0338. The fraction of sp³-hybridized carbons (Fsp3) is 0.278. The number of benzene rings is 1. The maximum Gasteiger partial charge on any atom is 0.348 e. The van der Waals surface area contributed by atoms with E-state index in [0.29, 0.717) is 11.3 Å². The Bertz CT molecular complexity index is 1060. The molecule has 0 unspecified atom stereocenters. The summed E-state index contributed by atoms with van der Waals surface area (Å²) in [6.45, 7) is 3.24. The molecule has 0 aliphatic carbocycles. The van der Waals surface area contributed by atoms with Gasteiger partial charge in [-0.25, -0.2) is 22.8 Å². The number of carbonyl (C=O) groups excluding carboxylic acids is 3. The monoisotopic (exact) mass is 441 g/mol. The molecule has 29 heavy (non-hydrogen) atoms. The highest BCUT2D eigenvalue weighted by Crippen LogP contribution is 2.34. The quantitative estimate of drug-likeness (QED) is 0.513. The largest absolute Gasteiger partial charge is 0.465 e. The summed E-state index contributed by atoms with van der Waals surface area (Å²) in [5.41, 5.74) is 0.108. The third kappa shape index (κ3) is 4.74. The zero-order valence-corrected chi connectivity index (χ0v) is 17.7. The van der Waals surface area contributed by atoms with Gasteiger partial charge in [0.25, 0.3) is 10.0 Å². The molecule has 0 bridgehead atoms. The predicted molar refractivity (Wildman–Crippen MR) is 105 cm³/mol. The van der Waals surface area contributed by atoms with Gasteiger partial charge in [0, 0.05) is 5.69 Å². The van der Waals surface area contributed by atoms with E-state index in [4.69, 9.17) is 4.74 Å². The van der Waals surface area contributed by atoms with Gasteiger partial charge in [0.15, 0.2) is 4.21 Å². The van der Waals surface area contributed by atoms with Gasteiger partial charge in [0.05, 0.1) is 32.0 Å². The lowest BCUT2D eigenvalue weighted by Crippen LogP contribution is -2.16. The number of ether oxygens (including phenoxy) is 3. The number of thiophene rings is 1. The summed E-state index contributed by atoms with van der Waals surface area (Å²) in [5.74, 6) is -2.29. The Labute approximate surface area is 171 Å². The molecule has 2 rings (SSSR count). The SMILES string of the molecule is CCOC(=O)c1cccc(NS(=O)(=O)c2sc(C(=O)OC)c(C)c2C(=O)OC)c1. The van der Waals surface area contributed by atoms with Crippen LogP contribution < -0.4 is 4.72 Å². The van der Waals surface area contributed by atoms with Gasteiger partial charge in [-0.05, 0) is 37.6 Å². The first-order chi connectivity index (χ1) is 13.7. The van der Waals surface area contributed by atoms with Gasteiger partial charge in [-0.3, -0.25) is 4.72 Å². The summed E-state index contributed by atoms with van der Waals surface area (Å²) >= 11 is 0.590. The van der Waals surface area contributed by atoms with Crippen LogP contribution in [0.15, 0.2) is 28.5 Å². The molecule has 0 aliphatic heterocycles.